The first-order valence-electron chi connectivity index (χ1n) is 7.18. The molecule has 0 bridgehead atoms. The third kappa shape index (κ3) is 2.82. The minimum atomic E-state index is 0.748. The Hall–Kier alpha value is -2.55. The number of benzene rings is 2. The van der Waals surface area contributed by atoms with E-state index in [0.29, 0.717) is 0 Å². The Morgan fingerprint density at radius 3 is 2.52 bits per heavy atom. The number of aryl methyl sites for hydroxylation is 2. The zero-order valence-electron chi connectivity index (χ0n) is 12.4. The Kier molecular flexibility index (Phi) is 3.48. The van der Waals surface area contributed by atoms with Gasteiger partial charge < -0.3 is 11.1 Å². The first-order valence-corrected chi connectivity index (χ1v) is 7.18. The zero-order chi connectivity index (χ0) is 14.8. The van der Waals surface area contributed by atoms with Crippen molar-refractivity contribution in [3.05, 3.63) is 59.8 Å². The third-order valence-electron chi connectivity index (χ3n) is 3.60. The van der Waals surface area contributed by atoms with E-state index in [1.165, 1.54) is 5.56 Å². The fraction of sp³-hybridized carbons (Fsp3) is 0.167. The van der Waals surface area contributed by atoms with E-state index < -0.39 is 0 Å². The summed E-state index contributed by atoms with van der Waals surface area (Å²) >= 11 is 0. The monoisotopic (exact) mass is 277 g/mol. The van der Waals surface area contributed by atoms with Crippen molar-refractivity contribution in [2.24, 2.45) is 0 Å². The molecule has 2 aromatic carbocycles. The number of hydrogen-bond acceptors (Lipinski definition) is 3. The molecule has 0 aliphatic carbocycles. The number of rotatable bonds is 3. The second-order valence-electron chi connectivity index (χ2n) is 5.26. The smallest absolute Gasteiger partial charge is 0.0727 e. The van der Waals surface area contributed by atoms with Crippen molar-refractivity contribution >= 4 is 28.0 Å². The zero-order valence-corrected chi connectivity index (χ0v) is 12.4. The number of nitrogen functional groups attached to an aromatic ring is 1. The topological polar surface area (TPSA) is 50.9 Å². The summed E-state index contributed by atoms with van der Waals surface area (Å²) < 4.78 is 0. The van der Waals surface area contributed by atoms with Crippen LogP contribution in [0.3, 0.4) is 0 Å². The predicted octanol–water partition coefficient (Wildman–Crippen LogP) is 4.43. The van der Waals surface area contributed by atoms with E-state index in [4.69, 9.17) is 5.73 Å². The van der Waals surface area contributed by atoms with Crippen LogP contribution in [0.4, 0.5) is 17.1 Å². The van der Waals surface area contributed by atoms with Crippen molar-refractivity contribution in [3.63, 3.8) is 0 Å². The summed E-state index contributed by atoms with van der Waals surface area (Å²) in [7, 11) is 0. The van der Waals surface area contributed by atoms with Gasteiger partial charge in [0.2, 0.25) is 0 Å². The molecular weight excluding hydrogens is 258 g/mol. The van der Waals surface area contributed by atoms with Gasteiger partial charge in [0.25, 0.3) is 0 Å². The lowest BCUT2D eigenvalue weighted by Gasteiger charge is -2.12. The highest BCUT2D eigenvalue weighted by Crippen LogP contribution is 2.28. The standard InChI is InChI=1S/C18H19N3/c1-3-13-4-7-15(8-5-13)21-18-10-12(2)20-17-9-6-14(19)11-16(17)18/h4-11H,3,19H2,1-2H3,(H,20,21). The van der Waals surface area contributed by atoms with Crippen LogP contribution in [-0.2, 0) is 6.42 Å². The van der Waals surface area contributed by atoms with Crippen LogP contribution < -0.4 is 11.1 Å². The van der Waals surface area contributed by atoms with Crippen molar-refractivity contribution in [2.75, 3.05) is 11.1 Å². The van der Waals surface area contributed by atoms with Crippen molar-refractivity contribution in [2.45, 2.75) is 20.3 Å². The molecule has 0 spiro atoms. The molecule has 3 rings (SSSR count). The van der Waals surface area contributed by atoms with E-state index in [2.05, 4.69) is 47.6 Å². The quantitative estimate of drug-likeness (QED) is 0.696. The molecule has 0 amide bonds. The lowest BCUT2D eigenvalue weighted by molar-refractivity contribution is 1.14. The maximum Gasteiger partial charge on any atom is 0.0727 e. The summed E-state index contributed by atoms with van der Waals surface area (Å²) in [6, 6.07) is 16.4. The van der Waals surface area contributed by atoms with Crippen LogP contribution in [0.15, 0.2) is 48.5 Å². The van der Waals surface area contributed by atoms with Crippen LogP contribution in [0.1, 0.15) is 18.2 Å². The molecule has 0 aliphatic rings. The number of hydrogen-bond donors (Lipinski definition) is 2. The van der Waals surface area contributed by atoms with Gasteiger partial charge in [-0.1, -0.05) is 19.1 Å². The van der Waals surface area contributed by atoms with Gasteiger partial charge in [-0.15, -0.1) is 0 Å². The number of nitrogens with two attached hydrogens (primary N) is 1. The van der Waals surface area contributed by atoms with E-state index in [1.807, 2.05) is 25.1 Å². The van der Waals surface area contributed by atoms with E-state index in [0.717, 1.165) is 40.1 Å². The van der Waals surface area contributed by atoms with E-state index in [-0.39, 0.29) is 0 Å². The molecule has 0 saturated heterocycles. The fourth-order valence-electron chi connectivity index (χ4n) is 2.46. The van der Waals surface area contributed by atoms with Gasteiger partial charge in [-0.25, -0.2) is 0 Å². The second-order valence-corrected chi connectivity index (χ2v) is 5.26. The normalized spacial score (nSPS) is 10.8. The Labute approximate surface area is 124 Å². The number of anilines is 3. The average Bonchev–Trinajstić information content (AvgIpc) is 2.49. The molecular formula is C18H19N3. The van der Waals surface area contributed by atoms with Crippen molar-refractivity contribution in [1.82, 2.24) is 4.98 Å². The van der Waals surface area contributed by atoms with Crippen LogP contribution in [0, 0.1) is 6.92 Å². The molecule has 3 heteroatoms. The van der Waals surface area contributed by atoms with Crippen molar-refractivity contribution < 1.29 is 0 Å². The van der Waals surface area contributed by atoms with Gasteiger partial charge in [0.15, 0.2) is 0 Å². The molecule has 0 radical (unpaired) electrons. The highest BCUT2D eigenvalue weighted by atomic mass is 14.9. The van der Waals surface area contributed by atoms with Crippen molar-refractivity contribution in [3.8, 4) is 0 Å². The SMILES string of the molecule is CCc1ccc(Nc2cc(C)nc3ccc(N)cc23)cc1. The molecule has 21 heavy (non-hydrogen) atoms. The van der Waals surface area contributed by atoms with Gasteiger partial charge in [0, 0.05) is 28.1 Å². The molecule has 0 fully saturated rings. The van der Waals surface area contributed by atoms with Crippen LogP contribution in [-0.4, -0.2) is 4.98 Å². The maximum atomic E-state index is 5.91. The average molecular weight is 277 g/mol. The molecule has 1 heterocycles. The molecule has 0 atom stereocenters. The molecule has 1 aromatic heterocycles. The van der Waals surface area contributed by atoms with Crippen LogP contribution in [0.25, 0.3) is 10.9 Å². The van der Waals surface area contributed by atoms with Gasteiger partial charge in [-0.3, -0.25) is 4.98 Å². The lowest BCUT2D eigenvalue weighted by Crippen LogP contribution is -1.96. The minimum absolute atomic E-state index is 0.748. The summed E-state index contributed by atoms with van der Waals surface area (Å²) in [5, 5.41) is 4.51. The first-order chi connectivity index (χ1) is 10.2. The van der Waals surface area contributed by atoms with Gasteiger partial charge in [0.1, 0.15) is 0 Å². The molecule has 0 saturated carbocycles. The summed E-state index contributed by atoms with van der Waals surface area (Å²) in [4.78, 5) is 4.55. The minimum Gasteiger partial charge on any atom is -0.399 e. The van der Waals surface area contributed by atoms with E-state index in [1.54, 1.807) is 0 Å². The molecule has 3 nitrogen and oxygen atoms in total. The van der Waals surface area contributed by atoms with Gasteiger partial charge >= 0.3 is 0 Å². The number of pyridine rings is 1. The number of fused-ring (bicyclic) bond motifs is 1. The summed E-state index contributed by atoms with van der Waals surface area (Å²) in [6.45, 7) is 4.16. The number of aromatic nitrogens is 1. The highest BCUT2D eigenvalue weighted by molar-refractivity contribution is 5.95. The van der Waals surface area contributed by atoms with Crippen LogP contribution >= 0.6 is 0 Å². The molecule has 106 valence electrons. The Morgan fingerprint density at radius 2 is 1.81 bits per heavy atom. The molecule has 3 N–H and O–H groups in total. The Balaban J connectivity index is 2.04. The lowest BCUT2D eigenvalue weighted by atomic mass is 10.1. The second kappa shape index (κ2) is 5.44. The van der Waals surface area contributed by atoms with Gasteiger partial charge in [0.05, 0.1) is 5.52 Å². The third-order valence-corrected chi connectivity index (χ3v) is 3.60. The summed E-state index contributed by atoms with van der Waals surface area (Å²) in [6.07, 6.45) is 1.05. The Bertz CT molecular complexity index is 776. The molecule has 0 unspecified atom stereocenters. The fourth-order valence-corrected chi connectivity index (χ4v) is 2.46. The maximum absolute atomic E-state index is 5.91. The number of nitrogens with zero attached hydrogens (tertiary/aromatic N) is 1. The molecule has 3 aromatic rings. The van der Waals surface area contributed by atoms with Crippen LogP contribution in [0.5, 0.6) is 0 Å². The highest BCUT2D eigenvalue weighted by Gasteiger charge is 2.05. The van der Waals surface area contributed by atoms with E-state index in [9.17, 15) is 0 Å². The van der Waals surface area contributed by atoms with Crippen LogP contribution in [0.2, 0.25) is 0 Å². The van der Waals surface area contributed by atoms with Gasteiger partial charge in [-0.2, -0.15) is 0 Å². The summed E-state index contributed by atoms with van der Waals surface area (Å²) in [5.74, 6) is 0. The first kappa shape index (κ1) is 13.4. The predicted molar refractivity (Wildman–Crippen MR) is 90.0 cm³/mol. The molecule has 0 aliphatic heterocycles. The Morgan fingerprint density at radius 1 is 1.05 bits per heavy atom. The number of nitrogens with one attached hydrogen (secondary N) is 1. The van der Waals surface area contributed by atoms with E-state index >= 15 is 0 Å². The van der Waals surface area contributed by atoms with Crippen molar-refractivity contribution in [1.29, 1.82) is 0 Å². The van der Waals surface area contributed by atoms with Gasteiger partial charge in [-0.05, 0) is 55.3 Å². The largest absolute Gasteiger partial charge is 0.399 e. The summed E-state index contributed by atoms with van der Waals surface area (Å²) in [5.41, 5.74) is 12.0.